The van der Waals surface area contributed by atoms with Gasteiger partial charge in [0.1, 0.15) is 11.9 Å². The molecular formula is C16H19ClN4O. The molecule has 1 saturated carbocycles. The molecule has 0 spiro atoms. The standard InChI is InChI=1S/C16H19ClN4O/c17-13-5-6-15(19-14(13)9-18)20-7-8-21(16(22)11-20)10-12-3-1-2-4-12/h5-6,12H,1-4,7-8,10-11H2. The fraction of sp³-hybridized carbons (Fsp3) is 0.562. The van der Waals surface area contributed by atoms with Crippen molar-refractivity contribution in [1.29, 1.82) is 5.26 Å². The summed E-state index contributed by atoms with van der Waals surface area (Å²) in [6, 6.07) is 5.41. The lowest BCUT2D eigenvalue weighted by Crippen LogP contribution is -2.51. The second-order valence-corrected chi connectivity index (χ2v) is 6.43. The average molecular weight is 319 g/mol. The van der Waals surface area contributed by atoms with E-state index >= 15 is 0 Å². The number of amides is 1. The lowest BCUT2D eigenvalue weighted by molar-refractivity contribution is -0.131. The Kier molecular flexibility index (Phi) is 4.49. The SMILES string of the molecule is N#Cc1nc(N2CCN(CC3CCCC3)C(=O)C2)ccc1Cl. The molecule has 0 bridgehead atoms. The Morgan fingerprint density at radius 1 is 1.32 bits per heavy atom. The van der Waals surface area contributed by atoms with E-state index < -0.39 is 0 Å². The Morgan fingerprint density at radius 3 is 2.77 bits per heavy atom. The molecule has 2 heterocycles. The van der Waals surface area contributed by atoms with E-state index in [0.717, 1.165) is 19.6 Å². The molecule has 1 amide bonds. The first kappa shape index (κ1) is 15.1. The smallest absolute Gasteiger partial charge is 0.242 e. The molecule has 5 nitrogen and oxygen atoms in total. The third-order valence-corrected chi connectivity index (χ3v) is 4.84. The summed E-state index contributed by atoms with van der Waals surface area (Å²) in [6.07, 6.45) is 5.09. The second-order valence-electron chi connectivity index (χ2n) is 6.02. The van der Waals surface area contributed by atoms with Crippen molar-refractivity contribution >= 4 is 23.3 Å². The van der Waals surface area contributed by atoms with Gasteiger partial charge in [-0.05, 0) is 30.9 Å². The first-order valence-electron chi connectivity index (χ1n) is 7.77. The van der Waals surface area contributed by atoms with Gasteiger partial charge in [-0.25, -0.2) is 4.98 Å². The second kappa shape index (κ2) is 6.53. The van der Waals surface area contributed by atoms with Crippen LogP contribution < -0.4 is 4.90 Å². The first-order valence-corrected chi connectivity index (χ1v) is 8.14. The number of hydrogen-bond donors (Lipinski definition) is 0. The van der Waals surface area contributed by atoms with Gasteiger partial charge in [-0.3, -0.25) is 4.79 Å². The number of aromatic nitrogens is 1. The number of rotatable bonds is 3. The fourth-order valence-electron chi connectivity index (χ4n) is 3.29. The number of anilines is 1. The number of piperazine rings is 1. The molecule has 2 fully saturated rings. The Labute approximate surface area is 135 Å². The molecule has 22 heavy (non-hydrogen) atoms. The van der Waals surface area contributed by atoms with Crippen LogP contribution in [0.2, 0.25) is 5.02 Å². The minimum Gasteiger partial charge on any atom is -0.345 e. The van der Waals surface area contributed by atoms with Crippen molar-refractivity contribution in [2.24, 2.45) is 5.92 Å². The zero-order valence-corrected chi connectivity index (χ0v) is 13.2. The molecule has 0 radical (unpaired) electrons. The fourth-order valence-corrected chi connectivity index (χ4v) is 3.44. The average Bonchev–Trinajstić information content (AvgIpc) is 3.03. The molecule has 1 aliphatic carbocycles. The van der Waals surface area contributed by atoms with Gasteiger partial charge in [0.15, 0.2) is 5.69 Å². The summed E-state index contributed by atoms with van der Waals surface area (Å²) in [5.41, 5.74) is 0.208. The Balaban J connectivity index is 1.64. The molecule has 0 atom stereocenters. The molecule has 0 aromatic carbocycles. The summed E-state index contributed by atoms with van der Waals surface area (Å²) in [4.78, 5) is 20.5. The van der Waals surface area contributed by atoms with Crippen LogP contribution in [0.15, 0.2) is 12.1 Å². The van der Waals surface area contributed by atoms with E-state index in [9.17, 15) is 4.79 Å². The molecule has 1 aromatic heterocycles. The normalized spacial score (nSPS) is 19.5. The molecule has 1 aliphatic heterocycles. The van der Waals surface area contributed by atoms with Crippen LogP contribution in [0.25, 0.3) is 0 Å². The monoisotopic (exact) mass is 318 g/mol. The predicted octanol–water partition coefficient (Wildman–Crippen LogP) is 2.45. The van der Waals surface area contributed by atoms with E-state index in [1.165, 1.54) is 25.7 Å². The van der Waals surface area contributed by atoms with Gasteiger partial charge in [0.25, 0.3) is 0 Å². The maximum atomic E-state index is 12.4. The van der Waals surface area contributed by atoms with Gasteiger partial charge >= 0.3 is 0 Å². The highest BCUT2D eigenvalue weighted by Crippen LogP contribution is 2.26. The quantitative estimate of drug-likeness (QED) is 0.859. The summed E-state index contributed by atoms with van der Waals surface area (Å²) in [6.45, 7) is 2.69. The maximum absolute atomic E-state index is 12.4. The molecule has 6 heteroatoms. The summed E-state index contributed by atoms with van der Waals surface area (Å²) in [5.74, 6) is 1.47. The van der Waals surface area contributed by atoms with E-state index in [2.05, 4.69) is 4.98 Å². The van der Waals surface area contributed by atoms with Gasteiger partial charge in [0.2, 0.25) is 5.91 Å². The van der Waals surface area contributed by atoms with Gasteiger partial charge in [-0.1, -0.05) is 24.4 Å². The van der Waals surface area contributed by atoms with E-state index in [1.54, 1.807) is 12.1 Å². The minimum absolute atomic E-state index is 0.147. The Bertz CT molecular complexity index is 607. The van der Waals surface area contributed by atoms with Crippen LogP contribution in [-0.4, -0.2) is 42.0 Å². The van der Waals surface area contributed by atoms with Crippen molar-refractivity contribution < 1.29 is 4.79 Å². The third kappa shape index (κ3) is 3.17. The van der Waals surface area contributed by atoms with Gasteiger partial charge in [-0.2, -0.15) is 5.26 Å². The van der Waals surface area contributed by atoms with E-state index in [4.69, 9.17) is 16.9 Å². The number of hydrogen-bond acceptors (Lipinski definition) is 4. The Hall–Kier alpha value is -1.80. The lowest BCUT2D eigenvalue weighted by Gasteiger charge is -2.36. The zero-order valence-electron chi connectivity index (χ0n) is 12.5. The van der Waals surface area contributed by atoms with Crippen LogP contribution in [0, 0.1) is 17.2 Å². The van der Waals surface area contributed by atoms with Crippen molar-refractivity contribution in [3.8, 4) is 6.07 Å². The number of carbonyl (C=O) groups is 1. The van der Waals surface area contributed by atoms with Crippen LogP contribution in [0.1, 0.15) is 31.4 Å². The van der Waals surface area contributed by atoms with E-state index in [1.807, 2.05) is 15.9 Å². The largest absolute Gasteiger partial charge is 0.345 e. The molecule has 3 rings (SSSR count). The summed E-state index contributed by atoms with van der Waals surface area (Å²) in [5, 5.41) is 9.35. The van der Waals surface area contributed by atoms with Crippen molar-refractivity contribution in [2.45, 2.75) is 25.7 Å². The van der Waals surface area contributed by atoms with Crippen LogP contribution in [0.4, 0.5) is 5.82 Å². The highest BCUT2D eigenvalue weighted by atomic mass is 35.5. The van der Waals surface area contributed by atoms with Gasteiger partial charge in [-0.15, -0.1) is 0 Å². The third-order valence-electron chi connectivity index (χ3n) is 4.53. The zero-order chi connectivity index (χ0) is 15.5. The molecule has 116 valence electrons. The number of nitriles is 1. The number of halogens is 1. The van der Waals surface area contributed by atoms with E-state index in [0.29, 0.717) is 23.3 Å². The van der Waals surface area contributed by atoms with Crippen molar-refractivity contribution in [3.05, 3.63) is 22.8 Å². The topological polar surface area (TPSA) is 60.2 Å². The van der Waals surface area contributed by atoms with Crippen LogP contribution in [0.3, 0.4) is 0 Å². The molecule has 0 N–H and O–H groups in total. The van der Waals surface area contributed by atoms with Gasteiger partial charge in [0, 0.05) is 19.6 Å². The minimum atomic E-state index is 0.147. The number of carbonyl (C=O) groups excluding carboxylic acids is 1. The highest BCUT2D eigenvalue weighted by Gasteiger charge is 2.28. The number of nitrogens with zero attached hydrogens (tertiary/aromatic N) is 4. The maximum Gasteiger partial charge on any atom is 0.242 e. The van der Waals surface area contributed by atoms with Crippen LogP contribution in [0.5, 0.6) is 0 Å². The predicted molar refractivity (Wildman–Crippen MR) is 84.7 cm³/mol. The van der Waals surface area contributed by atoms with Gasteiger partial charge < -0.3 is 9.80 Å². The van der Waals surface area contributed by atoms with Crippen molar-refractivity contribution in [2.75, 3.05) is 31.1 Å². The molecule has 0 unspecified atom stereocenters. The molecule has 1 saturated heterocycles. The number of pyridine rings is 1. The van der Waals surface area contributed by atoms with Crippen LogP contribution >= 0.6 is 11.6 Å². The summed E-state index contributed by atoms with van der Waals surface area (Å²) >= 11 is 5.90. The first-order chi connectivity index (χ1) is 10.7. The highest BCUT2D eigenvalue weighted by molar-refractivity contribution is 6.31. The molecule has 2 aliphatic rings. The Morgan fingerprint density at radius 2 is 2.09 bits per heavy atom. The van der Waals surface area contributed by atoms with Crippen molar-refractivity contribution in [1.82, 2.24) is 9.88 Å². The van der Waals surface area contributed by atoms with Crippen LogP contribution in [-0.2, 0) is 4.79 Å². The molecule has 1 aromatic rings. The van der Waals surface area contributed by atoms with Gasteiger partial charge in [0.05, 0.1) is 11.6 Å². The molecular weight excluding hydrogens is 300 g/mol. The lowest BCUT2D eigenvalue weighted by atomic mass is 10.1. The summed E-state index contributed by atoms with van der Waals surface area (Å²) < 4.78 is 0. The summed E-state index contributed by atoms with van der Waals surface area (Å²) in [7, 11) is 0. The van der Waals surface area contributed by atoms with Crippen molar-refractivity contribution in [3.63, 3.8) is 0 Å². The van der Waals surface area contributed by atoms with E-state index in [-0.39, 0.29) is 11.6 Å².